The smallest absolute Gasteiger partial charge is 0.246 e. The van der Waals surface area contributed by atoms with E-state index in [0.717, 1.165) is 12.6 Å². The van der Waals surface area contributed by atoms with Crippen molar-refractivity contribution in [3.05, 3.63) is 29.8 Å². The van der Waals surface area contributed by atoms with Crippen LogP contribution in [0.1, 0.15) is 32.8 Å². The molecule has 1 fully saturated rings. The minimum atomic E-state index is -0.568. The third-order valence-corrected chi connectivity index (χ3v) is 4.02. The number of piperazine rings is 1. The molecule has 3 unspecified atom stereocenters. The van der Waals surface area contributed by atoms with Crippen molar-refractivity contribution in [1.29, 1.82) is 0 Å². The average molecular weight is 293 g/mol. The Morgan fingerprint density at radius 1 is 1.43 bits per heavy atom. The van der Waals surface area contributed by atoms with Gasteiger partial charge in [-0.15, -0.1) is 0 Å². The Hall–Kier alpha value is -1.98. The van der Waals surface area contributed by atoms with E-state index < -0.39 is 17.9 Å². The fourth-order valence-corrected chi connectivity index (χ4v) is 2.42. The summed E-state index contributed by atoms with van der Waals surface area (Å²) in [5.74, 6) is -0.695. The number of pyridine rings is 1. The molecule has 1 saturated heterocycles. The summed E-state index contributed by atoms with van der Waals surface area (Å²) in [6.45, 7) is 5.77. The molecule has 1 aromatic heterocycles. The number of carbonyl (C=O) groups excluding carboxylic acids is 2. The monoisotopic (exact) mass is 293 g/mol. The third kappa shape index (κ3) is 3.20. The van der Waals surface area contributed by atoms with E-state index in [1.54, 1.807) is 6.92 Å². The van der Waals surface area contributed by atoms with Gasteiger partial charge in [0.1, 0.15) is 17.9 Å². The van der Waals surface area contributed by atoms with Crippen molar-refractivity contribution < 1.29 is 14.0 Å². The third-order valence-electron chi connectivity index (χ3n) is 4.02. The predicted molar refractivity (Wildman–Crippen MR) is 75.6 cm³/mol. The van der Waals surface area contributed by atoms with Gasteiger partial charge in [-0.05, 0) is 24.5 Å². The van der Waals surface area contributed by atoms with E-state index >= 15 is 0 Å². The number of nitrogens with zero attached hydrogens (tertiary/aromatic N) is 2. The van der Waals surface area contributed by atoms with Crippen molar-refractivity contribution in [1.82, 2.24) is 15.2 Å². The van der Waals surface area contributed by atoms with Gasteiger partial charge in [0.25, 0.3) is 0 Å². The number of halogens is 1. The first-order valence-corrected chi connectivity index (χ1v) is 7.14. The molecule has 1 aromatic rings. The number of nitrogens with one attached hydrogen (secondary N) is 1. The van der Waals surface area contributed by atoms with Gasteiger partial charge >= 0.3 is 0 Å². The molecule has 1 N–H and O–H groups in total. The molecule has 1 aliphatic rings. The first-order valence-electron chi connectivity index (χ1n) is 7.14. The number of aromatic nitrogens is 1. The molecule has 0 aromatic carbocycles. The zero-order valence-electron chi connectivity index (χ0n) is 12.5. The van der Waals surface area contributed by atoms with E-state index in [2.05, 4.69) is 10.3 Å². The highest BCUT2D eigenvalue weighted by Crippen LogP contribution is 2.20. The Balaban J connectivity index is 2.22. The summed E-state index contributed by atoms with van der Waals surface area (Å²) in [5.41, 5.74) is 0.577. The highest BCUT2D eigenvalue weighted by molar-refractivity contribution is 5.96. The summed E-state index contributed by atoms with van der Waals surface area (Å²) >= 11 is 0. The van der Waals surface area contributed by atoms with Crippen LogP contribution in [0.25, 0.3) is 0 Å². The normalized spacial score (nSPS) is 23.9. The molecule has 6 heteroatoms. The van der Waals surface area contributed by atoms with Crippen molar-refractivity contribution in [2.75, 3.05) is 0 Å². The highest BCUT2D eigenvalue weighted by Gasteiger charge is 2.39. The summed E-state index contributed by atoms with van der Waals surface area (Å²) < 4.78 is 13.2. The van der Waals surface area contributed by atoms with Crippen LogP contribution in [0.3, 0.4) is 0 Å². The van der Waals surface area contributed by atoms with Crippen LogP contribution in [0.5, 0.6) is 0 Å². The number of hydrogen-bond donors (Lipinski definition) is 1. The van der Waals surface area contributed by atoms with Crippen molar-refractivity contribution >= 4 is 11.8 Å². The van der Waals surface area contributed by atoms with Gasteiger partial charge in [0.05, 0.1) is 6.20 Å². The SMILES string of the molecule is CCC(C)C1NC(=O)C(C)N(Cc2cncc(F)c2)C1=O. The lowest BCUT2D eigenvalue weighted by Gasteiger charge is -2.39. The Kier molecular flexibility index (Phi) is 4.55. The van der Waals surface area contributed by atoms with Crippen molar-refractivity contribution in [3.8, 4) is 0 Å². The maximum atomic E-state index is 13.2. The van der Waals surface area contributed by atoms with Crippen LogP contribution in [0.4, 0.5) is 4.39 Å². The minimum Gasteiger partial charge on any atom is -0.342 e. The molecule has 0 bridgehead atoms. The van der Waals surface area contributed by atoms with Gasteiger partial charge in [-0.1, -0.05) is 20.3 Å². The quantitative estimate of drug-likeness (QED) is 0.914. The molecule has 2 heterocycles. The lowest BCUT2D eigenvalue weighted by atomic mass is 9.94. The van der Waals surface area contributed by atoms with E-state index in [-0.39, 0.29) is 24.3 Å². The highest BCUT2D eigenvalue weighted by atomic mass is 19.1. The van der Waals surface area contributed by atoms with E-state index in [4.69, 9.17) is 0 Å². The number of amides is 2. The molecule has 0 spiro atoms. The molecule has 114 valence electrons. The van der Waals surface area contributed by atoms with Crippen LogP contribution in [0.15, 0.2) is 18.5 Å². The van der Waals surface area contributed by atoms with Crippen molar-refractivity contribution in [3.63, 3.8) is 0 Å². The first-order chi connectivity index (χ1) is 9.93. The van der Waals surface area contributed by atoms with Gasteiger partial charge in [0.2, 0.25) is 11.8 Å². The second-order valence-corrected chi connectivity index (χ2v) is 5.53. The fraction of sp³-hybridized carbons (Fsp3) is 0.533. The topological polar surface area (TPSA) is 62.3 Å². The molecule has 0 saturated carbocycles. The Morgan fingerprint density at radius 3 is 2.76 bits per heavy atom. The van der Waals surface area contributed by atoms with E-state index in [0.29, 0.717) is 5.56 Å². The fourth-order valence-electron chi connectivity index (χ4n) is 2.42. The Morgan fingerprint density at radius 2 is 2.14 bits per heavy atom. The molecular weight excluding hydrogens is 273 g/mol. The zero-order valence-corrected chi connectivity index (χ0v) is 12.5. The lowest BCUT2D eigenvalue weighted by molar-refractivity contribution is -0.150. The van der Waals surface area contributed by atoms with Gasteiger partial charge in [-0.2, -0.15) is 0 Å². The standard InChI is InChI=1S/C15H20FN3O2/c1-4-9(2)13-15(21)19(10(3)14(20)18-13)8-11-5-12(16)7-17-6-11/h5-7,9-10,13H,4,8H2,1-3H3,(H,18,20). The number of carbonyl (C=O) groups is 2. The predicted octanol–water partition coefficient (Wildman–Crippen LogP) is 1.48. The Bertz CT molecular complexity index is 549. The molecule has 2 amide bonds. The minimum absolute atomic E-state index is 0.0575. The molecule has 21 heavy (non-hydrogen) atoms. The molecule has 5 nitrogen and oxygen atoms in total. The molecular formula is C15H20FN3O2. The van der Waals surface area contributed by atoms with Crippen LogP contribution in [-0.4, -0.2) is 33.8 Å². The first kappa shape index (κ1) is 15.4. The van der Waals surface area contributed by atoms with Crippen molar-refractivity contribution in [2.45, 2.75) is 45.8 Å². The maximum absolute atomic E-state index is 13.2. The van der Waals surface area contributed by atoms with E-state index in [1.807, 2.05) is 13.8 Å². The summed E-state index contributed by atoms with van der Waals surface area (Å²) in [4.78, 5) is 29.9. The second kappa shape index (κ2) is 6.20. The largest absolute Gasteiger partial charge is 0.342 e. The van der Waals surface area contributed by atoms with Crippen molar-refractivity contribution in [2.24, 2.45) is 5.92 Å². The molecule has 0 radical (unpaired) electrons. The van der Waals surface area contributed by atoms with E-state index in [1.165, 1.54) is 17.2 Å². The van der Waals surface area contributed by atoms with Crippen LogP contribution >= 0.6 is 0 Å². The maximum Gasteiger partial charge on any atom is 0.246 e. The number of hydrogen-bond acceptors (Lipinski definition) is 3. The van der Waals surface area contributed by atoms with Crippen LogP contribution in [0.2, 0.25) is 0 Å². The Labute approximate surface area is 123 Å². The summed E-state index contributed by atoms with van der Waals surface area (Å²) in [7, 11) is 0. The van der Waals surface area contributed by atoms with Crippen LogP contribution in [0, 0.1) is 11.7 Å². The van der Waals surface area contributed by atoms with Gasteiger partial charge in [0.15, 0.2) is 0 Å². The lowest BCUT2D eigenvalue weighted by Crippen LogP contribution is -2.63. The molecule has 1 aliphatic heterocycles. The van der Waals surface area contributed by atoms with Gasteiger partial charge in [-0.25, -0.2) is 4.39 Å². The second-order valence-electron chi connectivity index (χ2n) is 5.53. The van der Waals surface area contributed by atoms with Gasteiger partial charge in [-0.3, -0.25) is 14.6 Å². The number of rotatable bonds is 4. The van der Waals surface area contributed by atoms with Crippen LogP contribution < -0.4 is 5.32 Å². The van der Waals surface area contributed by atoms with E-state index in [9.17, 15) is 14.0 Å². The van der Waals surface area contributed by atoms with Gasteiger partial charge in [0, 0.05) is 12.7 Å². The van der Waals surface area contributed by atoms with Crippen LogP contribution in [-0.2, 0) is 16.1 Å². The van der Waals surface area contributed by atoms with Gasteiger partial charge < -0.3 is 10.2 Å². The summed E-state index contributed by atoms with van der Waals surface area (Å²) in [6.07, 6.45) is 3.41. The zero-order chi connectivity index (χ0) is 15.6. The summed E-state index contributed by atoms with van der Waals surface area (Å²) in [6, 6.07) is 0.249. The summed E-state index contributed by atoms with van der Waals surface area (Å²) in [5, 5.41) is 2.77. The molecule has 3 atom stereocenters. The molecule has 2 rings (SSSR count). The molecule has 0 aliphatic carbocycles. The average Bonchev–Trinajstić information content (AvgIpc) is 2.46.